The first-order chi connectivity index (χ1) is 14.6. The number of carbonyl (C=O) groups excluding carboxylic acids is 1. The Bertz CT molecular complexity index is 929. The summed E-state index contributed by atoms with van der Waals surface area (Å²) < 4.78 is 7.65. The predicted molar refractivity (Wildman–Crippen MR) is 123 cm³/mol. The zero-order valence-corrected chi connectivity index (χ0v) is 19.6. The van der Waals surface area contributed by atoms with Crippen molar-refractivity contribution in [2.75, 3.05) is 32.7 Å². The van der Waals surface area contributed by atoms with E-state index < -0.39 is 5.60 Å². The van der Waals surface area contributed by atoms with Crippen LogP contribution in [0.2, 0.25) is 0 Å². The van der Waals surface area contributed by atoms with Crippen LogP contribution in [0.25, 0.3) is 5.69 Å². The Labute approximate surface area is 186 Å². The van der Waals surface area contributed by atoms with E-state index in [4.69, 9.17) is 4.74 Å². The SMILES string of the molecule is Cc1cc(C)n(-c2cccc([C@H](CC(=O)OC(C)(C)C)CN3CC4(CCNC4)C3)c2)n1. The first kappa shape index (κ1) is 22.0. The molecule has 0 saturated carbocycles. The van der Waals surface area contributed by atoms with Crippen LogP contribution in [-0.2, 0) is 9.53 Å². The Hall–Kier alpha value is -2.18. The summed E-state index contributed by atoms with van der Waals surface area (Å²) in [5.74, 6) is -0.0368. The van der Waals surface area contributed by atoms with Crippen molar-refractivity contribution in [3.8, 4) is 5.69 Å². The van der Waals surface area contributed by atoms with Gasteiger partial charge in [-0.2, -0.15) is 5.10 Å². The first-order valence-electron chi connectivity index (χ1n) is 11.4. The van der Waals surface area contributed by atoms with Crippen LogP contribution >= 0.6 is 0 Å². The number of hydrogen-bond acceptors (Lipinski definition) is 5. The fraction of sp³-hybridized carbons (Fsp3) is 0.600. The van der Waals surface area contributed by atoms with Crippen molar-refractivity contribution < 1.29 is 9.53 Å². The number of benzene rings is 1. The molecule has 0 bridgehead atoms. The second kappa shape index (κ2) is 8.40. The summed E-state index contributed by atoms with van der Waals surface area (Å²) in [6.07, 6.45) is 1.65. The number of rotatable bonds is 6. The van der Waals surface area contributed by atoms with Gasteiger partial charge in [-0.3, -0.25) is 4.79 Å². The van der Waals surface area contributed by atoms with Crippen LogP contribution in [0.15, 0.2) is 30.3 Å². The maximum Gasteiger partial charge on any atom is 0.306 e. The van der Waals surface area contributed by atoms with Crippen LogP contribution in [0.5, 0.6) is 0 Å². The fourth-order valence-electron chi connectivity index (χ4n) is 5.08. The van der Waals surface area contributed by atoms with E-state index >= 15 is 0 Å². The molecule has 2 aromatic rings. The van der Waals surface area contributed by atoms with E-state index in [9.17, 15) is 4.79 Å². The van der Waals surface area contributed by atoms with Crippen LogP contribution in [0.3, 0.4) is 0 Å². The molecule has 2 saturated heterocycles. The van der Waals surface area contributed by atoms with E-state index in [1.807, 2.05) is 32.4 Å². The summed E-state index contributed by atoms with van der Waals surface area (Å²) in [6.45, 7) is 15.2. The molecule has 0 unspecified atom stereocenters. The van der Waals surface area contributed by atoms with Crippen molar-refractivity contribution in [3.63, 3.8) is 0 Å². The van der Waals surface area contributed by atoms with Crippen LogP contribution < -0.4 is 5.32 Å². The average molecular weight is 425 g/mol. The van der Waals surface area contributed by atoms with Gasteiger partial charge in [-0.1, -0.05) is 12.1 Å². The van der Waals surface area contributed by atoms with Crippen molar-refractivity contribution in [1.29, 1.82) is 0 Å². The maximum absolute atomic E-state index is 12.7. The topological polar surface area (TPSA) is 59.4 Å². The molecule has 1 atom stereocenters. The first-order valence-corrected chi connectivity index (χ1v) is 11.4. The zero-order valence-electron chi connectivity index (χ0n) is 19.6. The molecule has 4 rings (SSSR count). The lowest BCUT2D eigenvalue weighted by atomic mass is 9.78. The van der Waals surface area contributed by atoms with E-state index in [1.165, 1.54) is 12.0 Å². The number of aryl methyl sites for hydroxylation is 2. The Kier molecular flexibility index (Phi) is 5.97. The van der Waals surface area contributed by atoms with E-state index in [0.29, 0.717) is 11.8 Å². The second-order valence-corrected chi connectivity index (χ2v) is 10.5. The summed E-state index contributed by atoms with van der Waals surface area (Å²) in [7, 11) is 0. The second-order valence-electron chi connectivity index (χ2n) is 10.5. The standard InChI is InChI=1S/C25H36N4O2/c1-18-11-19(2)29(27-18)22-8-6-7-20(12-22)21(13-23(30)31-24(3,4)5)14-28-16-25(17-28)9-10-26-15-25/h6-8,11-12,21,26H,9-10,13-17H2,1-5H3/t21-/m1/s1. The molecule has 6 nitrogen and oxygen atoms in total. The smallest absolute Gasteiger partial charge is 0.306 e. The summed E-state index contributed by atoms with van der Waals surface area (Å²) in [4.78, 5) is 15.2. The number of esters is 1. The molecule has 31 heavy (non-hydrogen) atoms. The molecule has 168 valence electrons. The van der Waals surface area contributed by atoms with Gasteiger partial charge in [0.05, 0.1) is 17.8 Å². The van der Waals surface area contributed by atoms with E-state index in [1.54, 1.807) is 0 Å². The Morgan fingerprint density at radius 1 is 1.26 bits per heavy atom. The molecule has 1 aromatic heterocycles. The largest absolute Gasteiger partial charge is 0.460 e. The highest BCUT2D eigenvalue weighted by molar-refractivity contribution is 5.71. The molecular weight excluding hydrogens is 388 g/mol. The van der Waals surface area contributed by atoms with Gasteiger partial charge in [0, 0.05) is 43.2 Å². The van der Waals surface area contributed by atoms with Gasteiger partial charge >= 0.3 is 5.97 Å². The molecule has 3 heterocycles. The predicted octanol–water partition coefficient (Wildman–Crippen LogP) is 3.60. The minimum atomic E-state index is -0.469. The average Bonchev–Trinajstić information content (AvgIpc) is 3.26. The minimum Gasteiger partial charge on any atom is -0.460 e. The number of nitrogens with zero attached hydrogens (tertiary/aromatic N) is 3. The molecule has 0 amide bonds. The molecule has 1 aromatic carbocycles. The molecule has 2 fully saturated rings. The van der Waals surface area contributed by atoms with Gasteiger partial charge in [0.25, 0.3) is 0 Å². The summed E-state index contributed by atoms with van der Waals surface area (Å²) >= 11 is 0. The fourth-order valence-corrected chi connectivity index (χ4v) is 5.08. The number of ether oxygens (including phenoxy) is 1. The van der Waals surface area contributed by atoms with Crippen molar-refractivity contribution in [2.45, 2.75) is 59.0 Å². The Morgan fingerprint density at radius 3 is 2.65 bits per heavy atom. The maximum atomic E-state index is 12.7. The van der Waals surface area contributed by atoms with Gasteiger partial charge in [-0.05, 0) is 71.3 Å². The third kappa shape index (κ3) is 5.18. The molecule has 0 aliphatic carbocycles. The third-order valence-corrected chi connectivity index (χ3v) is 6.36. The Morgan fingerprint density at radius 2 is 2.03 bits per heavy atom. The zero-order chi connectivity index (χ0) is 22.2. The van der Waals surface area contributed by atoms with Gasteiger partial charge in [0.2, 0.25) is 0 Å². The molecule has 2 aliphatic rings. The molecule has 6 heteroatoms. The molecule has 1 spiro atoms. The number of carbonyl (C=O) groups is 1. The lowest BCUT2D eigenvalue weighted by Crippen LogP contribution is -2.58. The summed E-state index contributed by atoms with van der Waals surface area (Å²) in [5, 5.41) is 8.14. The van der Waals surface area contributed by atoms with Crippen molar-refractivity contribution in [1.82, 2.24) is 20.0 Å². The van der Waals surface area contributed by atoms with Gasteiger partial charge < -0.3 is 15.0 Å². The van der Waals surface area contributed by atoms with Crippen molar-refractivity contribution >= 4 is 5.97 Å². The van der Waals surface area contributed by atoms with E-state index in [0.717, 1.165) is 49.8 Å². The lowest BCUT2D eigenvalue weighted by Gasteiger charge is -2.49. The van der Waals surface area contributed by atoms with Crippen molar-refractivity contribution in [3.05, 3.63) is 47.3 Å². The number of aromatic nitrogens is 2. The highest BCUT2D eigenvalue weighted by Crippen LogP contribution is 2.38. The molecular formula is C25H36N4O2. The molecule has 0 radical (unpaired) electrons. The number of hydrogen-bond donors (Lipinski definition) is 1. The van der Waals surface area contributed by atoms with E-state index in [2.05, 4.69) is 52.6 Å². The van der Waals surface area contributed by atoms with E-state index in [-0.39, 0.29) is 11.9 Å². The summed E-state index contributed by atoms with van der Waals surface area (Å²) in [6, 6.07) is 10.6. The number of nitrogens with one attached hydrogen (secondary N) is 1. The monoisotopic (exact) mass is 424 g/mol. The van der Waals surface area contributed by atoms with Crippen LogP contribution in [0.1, 0.15) is 56.5 Å². The van der Waals surface area contributed by atoms with Gasteiger partial charge in [-0.15, -0.1) is 0 Å². The van der Waals surface area contributed by atoms with Crippen LogP contribution in [0, 0.1) is 19.3 Å². The summed E-state index contributed by atoms with van der Waals surface area (Å²) in [5.41, 5.74) is 4.30. The van der Waals surface area contributed by atoms with Gasteiger partial charge in [-0.25, -0.2) is 4.68 Å². The normalized spacial score (nSPS) is 19.4. The molecule has 1 N–H and O–H groups in total. The van der Waals surface area contributed by atoms with Crippen molar-refractivity contribution in [2.24, 2.45) is 5.41 Å². The lowest BCUT2D eigenvalue weighted by molar-refractivity contribution is -0.155. The number of likely N-dealkylation sites (tertiary alicyclic amines) is 1. The Balaban J connectivity index is 1.54. The van der Waals surface area contributed by atoms with Crippen LogP contribution in [-0.4, -0.2) is 59.0 Å². The van der Waals surface area contributed by atoms with Gasteiger partial charge in [0.15, 0.2) is 0 Å². The third-order valence-electron chi connectivity index (χ3n) is 6.36. The molecule has 2 aliphatic heterocycles. The quantitative estimate of drug-likeness (QED) is 0.718. The van der Waals surface area contributed by atoms with Gasteiger partial charge in [0.1, 0.15) is 5.60 Å². The minimum absolute atomic E-state index is 0.0958. The van der Waals surface area contributed by atoms with Crippen LogP contribution in [0.4, 0.5) is 0 Å². The highest BCUT2D eigenvalue weighted by atomic mass is 16.6. The highest BCUT2D eigenvalue weighted by Gasteiger charge is 2.45.